The number of anilines is 1. The molecule has 1 fully saturated rings. The molecule has 2 rings (SSSR count). The second-order valence-electron chi connectivity index (χ2n) is 5.20. The summed E-state index contributed by atoms with van der Waals surface area (Å²) in [6.45, 7) is 6.40. The van der Waals surface area contributed by atoms with Crippen molar-refractivity contribution in [3.05, 3.63) is 6.20 Å². The molecule has 1 aromatic rings. The second kappa shape index (κ2) is 5.13. The van der Waals surface area contributed by atoms with Gasteiger partial charge in [-0.2, -0.15) is 9.40 Å². The van der Waals surface area contributed by atoms with Crippen LogP contribution in [-0.4, -0.2) is 34.6 Å². The molecule has 0 aromatic carbocycles. The van der Waals surface area contributed by atoms with Crippen molar-refractivity contribution in [2.75, 3.05) is 5.73 Å². The number of nitrogen functional groups attached to an aromatic ring is 1. The molecule has 19 heavy (non-hydrogen) atoms. The van der Waals surface area contributed by atoms with E-state index >= 15 is 0 Å². The first-order chi connectivity index (χ1) is 8.87. The van der Waals surface area contributed by atoms with E-state index in [0.29, 0.717) is 6.54 Å². The number of aryl methyl sites for hydroxylation is 1. The summed E-state index contributed by atoms with van der Waals surface area (Å²) >= 11 is 0. The molecule has 108 valence electrons. The molecule has 7 heteroatoms. The van der Waals surface area contributed by atoms with E-state index in [1.807, 2.05) is 20.8 Å². The highest BCUT2D eigenvalue weighted by Gasteiger charge is 2.37. The van der Waals surface area contributed by atoms with Crippen LogP contribution in [0.5, 0.6) is 0 Å². The standard InChI is InChI=1S/C12H22N4O2S/c1-4-15-8-11(12(13)14-15)19(17,18)16-9(2)6-5-7-10(16)3/h8-10H,4-7H2,1-3H3,(H2,13,14)/t9-,10+. The van der Waals surface area contributed by atoms with Gasteiger partial charge in [0, 0.05) is 24.8 Å². The summed E-state index contributed by atoms with van der Waals surface area (Å²) in [5.74, 6) is 0.0897. The molecule has 2 atom stereocenters. The molecule has 1 aliphatic rings. The summed E-state index contributed by atoms with van der Waals surface area (Å²) < 4.78 is 28.6. The first-order valence-electron chi connectivity index (χ1n) is 6.74. The minimum absolute atomic E-state index is 0.0122. The van der Waals surface area contributed by atoms with Gasteiger partial charge in [-0.05, 0) is 33.6 Å². The Bertz CT molecular complexity index is 542. The van der Waals surface area contributed by atoms with E-state index in [9.17, 15) is 8.42 Å². The summed E-state index contributed by atoms with van der Waals surface area (Å²) in [5, 5.41) is 4.03. The fourth-order valence-electron chi connectivity index (χ4n) is 2.76. The van der Waals surface area contributed by atoms with Crippen molar-refractivity contribution in [3.63, 3.8) is 0 Å². The highest BCUT2D eigenvalue weighted by molar-refractivity contribution is 7.89. The third kappa shape index (κ3) is 2.49. The van der Waals surface area contributed by atoms with Crippen molar-refractivity contribution in [2.24, 2.45) is 0 Å². The lowest BCUT2D eigenvalue weighted by molar-refractivity contribution is 0.204. The Balaban J connectivity index is 2.43. The summed E-state index contributed by atoms with van der Waals surface area (Å²) in [5.41, 5.74) is 5.76. The molecule has 0 spiro atoms. The zero-order valence-corrected chi connectivity index (χ0v) is 12.5. The van der Waals surface area contributed by atoms with Crippen LogP contribution < -0.4 is 5.73 Å². The zero-order valence-electron chi connectivity index (χ0n) is 11.7. The molecule has 1 aliphatic heterocycles. The summed E-state index contributed by atoms with van der Waals surface area (Å²) in [7, 11) is -3.56. The van der Waals surface area contributed by atoms with Crippen molar-refractivity contribution in [1.29, 1.82) is 0 Å². The van der Waals surface area contributed by atoms with E-state index in [4.69, 9.17) is 5.73 Å². The van der Waals surface area contributed by atoms with E-state index in [1.165, 1.54) is 6.20 Å². The molecule has 0 aliphatic carbocycles. The highest BCUT2D eigenvalue weighted by atomic mass is 32.2. The number of piperidine rings is 1. The number of nitrogens with zero attached hydrogens (tertiary/aromatic N) is 3. The van der Waals surface area contributed by atoms with Gasteiger partial charge in [0.1, 0.15) is 4.90 Å². The second-order valence-corrected chi connectivity index (χ2v) is 7.01. The van der Waals surface area contributed by atoms with Crippen molar-refractivity contribution in [3.8, 4) is 0 Å². The maximum Gasteiger partial charge on any atom is 0.248 e. The predicted molar refractivity (Wildman–Crippen MR) is 74.1 cm³/mol. The molecular weight excluding hydrogens is 264 g/mol. The average Bonchev–Trinajstić information content (AvgIpc) is 2.70. The molecule has 1 aromatic heterocycles. The Hall–Kier alpha value is -1.08. The van der Waals surface area contributed by atoms with Crippen molar-refractivity contribution < 1.29 is 8.42 Å². The lowest BCUT2D eigenvalue weighted by Crippen LogP contribution is -2.47. The van der Waals surface area contributed by atoms with Crippen LogP contribution in [-0.2, 0) is 16.6 Å². The molecule has 2 N–H and O–H groups in total. The Morgan fingerprint density at radius 2 is 1.95 bits per heavy atom. The van der Waals surface area contributed by atoms with Crippen LogP contribution in [0.1, 0.15) is 40.0 Å². The van der Waals surface area contributed by atoms with Gasteiger partial charge in [0.15, 0.2) is 5.82 Å². The van der Waals surface area contributed by atoms with E-state index in [-0.39, 0.29) is 22.8 Å². The van der Waals surface area contributed by atoms with E-state index < -0.39 is 10.0 Å². The molecule has 0 bridgehead atoms. The van der Waals surface area contributed by atoms with Crippen LogP contribution in [0.2, 0.25) is 0 Å². The Morgan fingerprint density at radius 3 is 2.42 bits per heavy atom. The van der Waals surface area contributed by atoms with Gasteiger partial charge in [0.25, 0.3) is 0 Å². The van der Waals surface area contributed by atoms with Crippen LogP contribution in [0.4, 0.5) is 5.82 Å². The normalized spacial score (nSPS) is 25.6. The fraction of sp³-hybridized carbons (Fsp3) is 0.750. The minimum Gasteiger partial charge on any atom is -0.381 e. The number of hydrogen-bond acceptors (Lipinski definition) is 4. The van der Waals surface area contributed by atoms with Crippen LogP contribution in [0, 0.1) is 0 Å². The number of nitrogens with two attached hydrogens (primary N) is 1. The smallest absolute Gasteiger partial charge is 0.248 e. The molecule has 0 unspecified atom stereocenters. The van der Waals surface area contributed by atoms with E-state index in [0.717, 1.165) is 19.3 Å². The molecular formula is C12H22N4O2S. The van der Waals surface area contributed by atoms with Crippen LogP contribution in [0.25, 0.3) is 0 Å². The average molecular weight is 286 g/mol. The summed E-state index contributed by atoms with van der Waals surface area (Å²) in [4.78, 5) is 0.134. The van der Waals surface area contributed by atoms with Crippen LogP contribution in [0.3, 0.4) is 0 Å². The minimum atomic E-state index is -3.56. The molecule has 0 radical (unpaired) electrons. The Morgan fingerprint density at radius 1 is 1.37 bits per heavy atom. The summed E-state index contributed by atoms with van der Waals surface area (Å²) in [6, 6.07) is 0.0243. The lowest BCUT2D eigenvalue weighted by Gasteiger charge is -2.37. The maximum absolute atomic E-state index is 12.8. The Kier molecular flexibility index (Phi) is 3.87. The largest absolute Gasteiger partial charge is 0.381 e. The monoisotopic (exact) mass is 286 g/mol. The first kappa shape index (κ1) is 14.3. The maximum atomic E-state index is 12.8. The topological polar surface area (TPSA) is 81.2 Å². The fourth-order valence-corrected chi connectivity index (χ4v) is 4.71. The molecule has 2 heterocycles. The zero-order chi connectivity index (χ0) is 14.2. The van der Waals surface area contributed by atoms with Gasteiger partial charge in [-0.25, -0.2) is 8.42 Å². The SMILES string of the molecule is CCn1cc(S(=O)(=O)N2[C@H](C)CCC[C@@H]2C)c(N)n1. The van der Waals surface area contributed by atoms with Gasteiger partial charge in [-0.15, -0.1) is 0 Å². The third-order valence-corrected chi connectivity index (χ3v) is 5.89. The number of aromatic nitrogens is 2. The van der Waals surface area contributed by atoms with Gasteiger partial charge in [0.05, 0.1) is 0 Å². The summed E-state index contributed by atoms with van der Waals surface area (Å²) in [6.07, 6.45) is 4.38. The first-order valence-corrected chi connectivity index (χ1v) is 8.18. The molecule has 1 saturated heterocycles. The molecule has 0 amide bonds. The van der Waals surface area contributed by atoms with E-state index in [2.05, 4.69) is 5.10 Å². The van der Waals surface area contributed by atoms with Gasteiger partial charge >= 0.3 is 0 Å². The van der Waals surface area contributed by atoms with Crippen LogP contribution >= 0.6 is 0 Å². The molecule has 0 saturated carbocycles. The predicted octanol–water partition coefficient (Wildman–Crippen LogP) is 1.44. The molecule has 6 nitrogen and oxygen atoms in total. The highest BCUT2D eigenvalue weighted by Crippen LogP contribution is 2.31. The van der Waals surface area contributed by atoms with Gasteiger partial charge < -0.3 is 5.73 Å². The van der Waals surface area contributed by atoms with Crippen molar-refractivity contribution >= 4 is 15.8 Å². The number of rotatable bonds is 3. The number of sulfonamides is 1. The van der Waals surface area contributed by atoms with Gasteiger partial charge in [-0.1, -0.05) is 6.42 Å². The van der Waals surface area contributed by atoms with Crippen LogP contribution in [0.15, 0.2) is 11.1 Å². The quantitative estimate of drug-likeness (QED) is 0.911. The van der Waals surface area contributed by atoms with E-state index in [1.54, 1.807) is 8.99 Å². The van der Waals surface area contributed by atoms with Crippen molar-refractivity contribution in [2.45, 2.75) is 63.6 Å². The van der Waals surface area contributed by atoms with Crippen molar-refractivity contribution in [1.82, 2.24) is 14.1 Å². The Labute approximate surface area is 114 Å². The third-order valence-electron chi connectivity index (χ3n) is 3.75. The van der Waals surface area contributed by atoms with Gasteiger partial charge in [-0.3, -0.25) is 4.68 Å². The van der Waals surface area contributed by atoms with Gasteiger partial charge in [0.2, 0.25) is 10.0 Å². The lowest BCUT2D eigenvalue weighted by atomic mass is 10.0. The number of hydrogen-bond donors (Lipinski definition) is 1.